The van der Waals surface area contributed by atoms with Gasteiger partial charge in [-0.3, -0.25) is 9.59 Å². The Kier molecular flexibility index (Phi) is 4.30. The van der Waals surface area contributed by atoms with E-state index >= 15 is 0 Å². The normalized spacial score (nSPS) is 29.2. The maximum absolute atomic E-state index is 12.5. The van der Waals surface area contributed by atoms with Crippen LogP contribution in [0.5, 0.6) is 0 Å². The molecule has 0 aromatic heterocycles. The van der Waals surface area contributed by atoms with Crippen molar-refractivity contribution < 1.29 is 9.59 Å². The molecule has 0 radical (unpaired) electrons. The van der Waals surface area contributed by atoms with Crippen LogP contribution in [0.3, 0.4) is 0 Å². The first-order chi connectivity index (χ1) is 10.6. The molecule has 2 atom stereocenters. The zero-order valence-electron chi connectivity index (χ0n) is 13.2. The first-order valence-electron chi connectivity index (χ1n) is 8.26. The summed E-state index contributed by atoms with van der Waals surface area (Å²) in [5, 5.41) is 2.97. The quantitative estimate of drug-likeness (QED) is 0.867. The molecule has 2 aliphatic heterocycles. The molecule has 4 heteroatoms. The molecule has 1 fully saturated rings. The van der Waals surface area contributed by atoms with Crippen LogP contribution in [0.15, 0.2) is 24.3 Å². The van der Waals surface area contributed by atoms with Gasteiger partial charge in [0.05, 0.1) is 5.69 Å². The standard InChI is InChI=1S/C18H24N2O2/c1-2-18-9-5-10-20(13-18)11-8-16(21)14-6-3-4-7-15(14)19-17(22)12-18/h3-4,6-7H,2,5,8-13H2,1H3,(H,19,22)/t18-/m0/s1. The van der Waals surface area contributed by atoms with Crippen molar-refractivity contribution in [2.24, 2.45) is 5.41 Å². The fraction of sp³-hybridized carbons (Fsp3) is 0.556. The molecule has 0 aliphatic carbocycles. The minimum Gasteiger partial charge on any atom is -0.325 e. The van der Waals surface area contributed by atoms with Gasteiger partial charge < -0.3 is 10.2 Å². The zero-order valence-corrected chi connectivity index (χ0v) is 13.2. The molecule has 2 heterocycles. The number of hydrogen-bond donors (Lipinski definition) is 1. The van der Waals surface area contributed by atoms with Crippen molar-refractivity contribution in [3.63, 3.8) is 0 Å². The van der Waals surface area contributed by atoms with Crippen LogP contribution in [0.25, 0.3) is 0 Å². The largest absolute Gasteiger partial charge is 0.325 e. The molecule has 1 aromatic rings. The van der Waals surface area contributed by atoms with E-state index in [0.717, 1.165) is 38.9 Å². The molecule has 1 N–H and O–H groups in total. The van der Waals surface area contributed by atoms with Crippen molar-refractivity contribution >= 4 is 17.4 Å². The lowest BCUT2D eigenvalue weighted by Crippen LogP contribution is -2.45. The van der Waals surface area contributed by atoms with Crippen molar-refractivity contribution in [2.75, 3.05) is 25.0 Å². The second kappa shape index (κ2) is 6.21. The zero-order chi connectivity index (χ0) is 15.6. The topological polar surface area (TPSA) is 49.4 Å². The van der Waals surface area contributed by atoms with Crippen molar-refractivity contribution in [3.05, 3.63) is 29.8 Å². The molecule has 1 unspecified atom stereocenters. The molecule has 1 saturated heterocycles. The first kappa shape index (κ1) is 15.2. The van der Waals surface area contributed by atoms with Crippen molar-refractivity contribution in [1.29, 1.82) is 0 Å². The number of fused-ring (bicyclic) bond motifs is 3. The second-order valence-electron chi connectivity index (χ2n) is 6.68. The molecule has 1 amide bonds. The van der Waals surface area contributed by atoms with E-state index in [0.29, 0.717) is 24.1 Å². The summed E-state index contributed by atoms with van der Waals surface area (Å²) in [4.78, 5) is 27.3. The van der Waals surface area contributed by atoms with E-state index in [1.54, 1.807) is 0 Å². The Morgan fingerprint density at radius 1 is 1.23 bits per heavy atom. The number of anilines is 1. The minimum absolute atomic E-state index is 0.0332. The van der Waals surface area contributed by atoms with Crippen LogP contribution in [0.4, 0.5) is 5.69 Å². The van der Waals surface area contributed by atoms with Gasteiger partial charge in [0.15, 0.2) is 5.78 Å². The van der Waals surface area contributed by atoms with E-state index in [4.69, 9.17) is 0 Å². The summed E-state index contributed by atoms with van der Waals surface area (Å²) < 4.78 is 0. The van der Waals surface area contributed by atoms with Crippen LogP contribution in [0, 0.1) is 5.41 Å². The van der Waals surface area contributed by atoms with Gasteiger partial charge in [-0.05, 0) is 43.4 Å². The van der Waals surface area contributed by atoms with Gasteiger partial charge in [0.2, 0.25) is 5.91 Å². The Labute approximate surface area is 131 Å². The number of para-hydroxylation sites is 1. The van der Waals surface area contributed by atoms with Gasteiger partial charge in [-0.1, -0.05) is 19.1 Å². The molecule has 0 spiro atoms. The van der Waals surface area contributed by atoms with Crippen molar-refractivity contribution in [1.82, 2.24) is 4.90 Å². The van der Waals surface area contributed by atoms with E-state index in [1.807, 2.05) is 24.3 Å². The number of rotatable bonds is 1. The van der Waals surface area contributed by atoms with E-state index < -0.39 is 0 Å². The number of Topliss-reactive ketones (excluding diaryl/α,β-unsaturated/α-hetero) is 1. The third kappa shape index (κ3) is 3.07. The summed E-state index contributed by atoms with van der Waals surface area (Å²) >= 11 is 0. The van der Waals surface area contributed by atoms with Crippen molar-refractivity contribution in [2.45, 2.75) is 39.0 Å². The Morgan fingerprint density at radius 2 is 2.05 bits per heavy atom. The number of benzene rings is 1. The SMILES string of the molecule is CC[C@]12CCCN(CCC(=O)c3ccccc3NC(=O)C1)C2. The lowest BCUT2D eigenvalue weighted by atomic mass is 9.74. The third-order valence-corrected chi connectivity index (χ3v) is 5.18. The van der Waals surface area contributed by atoms with Gasteiger partial charge in [0.1, 0.15) is 0 Å². The summed E-state index contributed by atoms with van der Waals surface area (Å²) in [6.45, 7) is 4.94. The second-order valence-corrected chi connectivity index (χ2v) is 6.68. The van der Waals surface area contributed by atoms with Gasteiger partial charge in [-0.15, -0.1) is 0 Å². The Balaban J connectivity index is 1.93. The lowest BCUT2D eigenvalue weighted by Gasteiger charge is -2.42. The molecule has 3 rings (SSSR count). The average Bonchev–Trinajstić information content (AvgIpc) is 2.53. The van der Waals surface area contributed by atoms with Crippen LogP contribution in [-0.2, 0) is 4.79 Å². The number of piperidine rings is 1. The van der Waals surface area contributed by atoms with Crippen LogP contribution >= 0.6 is 0 Å². The van der Waals surface area contributed by atoms with Crippen LogP contribution < -0.4 is 5.32 Å². The third-order valence-electron chi connectivity index (χ3n) is 5.18. The summed E-state index contributed by atoms with van der Waals surface area (Å²) in [6, 6.07) is 7.36. The number of hydrogen-bond acceptors (Lipinski definition) is 3. The molecule has 2 aliphatic rings. The number of carbonyl (C=O) groups excluding carboxylic acids is 2. The van der Waals surface area contributed by atoms with E-state index in [9.17, 15) is 9.59 Å². The average molecular weight is 300 g/mol. The molecule has 22 heavy (non-hydrogen) atoms. The number of nitrogens with one attached hydrogen (secondary N) is 1. The van der Waals surface area contributed by atoms with E-state index in [1.165, 1.54) is 0 Å². The van der Waals surface area contributed by atoms with Gasteiger partial charge in [0, 0.05) is 31.5 Å². The molecule has 118 valence electrons. The highest BCUT2D eigenvalue weighted by atomic mass is 16.1. The summed E-state index contributed by atoms with van der Waals surface area (Å²) in [5.41, 5.74) is 1.36. The number of amides is 1. The summed E-state index contributed by atoms with van der Waals surface area (Å²) in [7, 11) is 0. The van der Waals surface area contributed by atoms with Gasteiger partial charge in [-0.25, -0.2) is 0 Å². The first-order valence-corrected chi connectivity index (χ1v) is 8.26. The van der Waals surface area contributed by atoms with Crippen LogP contribution in [-0.4, -0.2) is 36.2 Å². The predicted octanol–water partition coefficient (Wildman–Crippen LogP) is 3.09. The van der Waals surface area contributed by atoms with Crippen LogP contribution in [0.1, 0.15) is 49.4 Å². The maximum Gasteiger partial charge on any atom is 0.224 e. The van der Waals surface area contributed by atoms with Gasteiger partial charge >= 0.3 is 0 Å². The lowest BCUT2D eigenvalue weighted by molar-refractivity contribution is -0.119. The minimum atomic E-state index is 0.0332. The summed E-state index contributed by atoms with van der Waals surface area (Å²) in [6.07, 6.45) is 4.28. The highest BCUT2D eigenvalue weighted by Gasteiger charge is 2.36. The Bertz CT molecular complexity index is 584. The fourth-order valence-electron chi connectivity index (χ4n) is 3.82. The van der Waals surface area contributed by atoms with E-state index in [2.05, 4.69) is 17.1 Å². The van der Waals surface area contributed by atoms with Crippen LogP contribution in [0.2, 0.25) is 0 Å². The highest BCUT2D eigenvalue weighted by Crippen LogP contribution is 2.37. The Morgan fingerprint density at radius 3 is 2.86 bits per heavy atom. The molecular formula is C18H24N2O2. The number of carbonyl (C=O) groups is 2. The predicted molar refractivity (Wildman–Crippen MR) is 87.0 cm³/mol. The number of nitrogens with zero attached hydrogens (tertiary/aromatic N) is 1. The molecule has 0 saturated carbocycles. The molecule has 4 nitrogen and oxygen atoms in total. The molecule has 1 aromatic carbocycles. The smallest absolute Gasteiger partial charge is 0.224 e. The van der Waals surface area contributed by atoms with E-state index in [-0.39, 0.29) is 17.1 Å². The van der Waals surface area contributed by atoms with Crippen molar-refractivity contribution in [3.8, 4) is 0 Å². The Hall–Kier alpha value is -1.68. The van der Waals surface area contributed by atoms with Gasteiger partial charge in [-0.2, -0.15) is 0 Å². The molecule has 2 bridgehead atoms. The monoisotopic (exact) mass is 300 g/mol. The summed E-state index contributed by atoms with van der Waals surface area (Å²) in [5.74, 6) is 0.149. The maximum atomic E-state index is 12.5. The fourth-order valence-corrected chi connectivity index (χ4v) is 3.82. The van der Waals surface area contributed by atoms with Gasteiger partial charge in [0.25, 0.3) is 0 Å². The number of ketones is 1. The highest BCUT2D eigenvalue weighted by molar-refractivity contribution is 6.05. The molecular weight excluding hydrogens is 276 g/mol.